The van der Waals surface area contributed by atoms with Crippen LogP contribution in [0.15, 0.2) is 48.5 Å². The molecular weight excluding hydrogens is 352 g/mol. The van der Waals surface area contributed by atoms with Gasteiger partial charge in [-0.25, -0.2) is 4.98 Å². The van der Waals surface area contributed by atoms with Crippen LogP contribution in [-0.2, 0) is 22.7 Å². The molecule has 1 aromatic heterocycles. The number of fused-ring (bicyclic) bond motifs is 1. The van der Waals surface area contributed by atoms with Gasteiger partial charge in [-0.15, -0.1) is 0 Å². The Kier molecular flexibility index (Phi) is 5.53. The molecule has 0 saturated heterocycles. The number of aromatic nitrogens is 2. The van der Waals surface area contributed by atoms with E-state index in [1.165, 1.54) is 0 Å². The van der Waals surface area contributed by atoms with Crippen LogP contribution in [0, 0.1) is 0 Å². The van der Waals surface area contributed by atoms with Gasteiger partial charge in [0.05, 0.1) is 17.6 Å². The van der Waals surface area contributed by atoms with Gasteiger partial charge >= 0.3 is 0 Å². The summed E-state index contributed by atoms with van der Waals surface area (Å²) in [5, 5.41) is 6.19. The maximum Gasteiger partial charge on any atom is 0.244 e. The third kappa shape index (κ3) is 4.21. The molecule has 0 saturated carbocycles. The summed E-state index contributed by atoms with van der Waals surface area (Å²) in [6.07, 6.45) is 0.398. The van der Waals surface area contributed by atoms with Crippen molar-refractivity contribution in [3.8, 4) is 0 Å². The van der Waals surface area contributed by atoms with Gasteiger partial charge in [-0.3, -0.25) is 9.59 Å². The molecule has 3 aromatic rings. The lowest BCUT2D eigenvalue weighted by molar-refractivity contribution is -0.121. The molecule has 0 radical (unpaired) electrons. The number of halogens is 1. The SMILES string of the molecule is CCC(=O)NCc1nc2ccccc2n1CC(=O)Nc1cccc(Cl)c1. The van der Waals surface area contributed by atoms with Crippen molar-refractivity contribution >= 4 is 40.1 Å². The van der Waals surface area contributed by atoms with Crippen LogP contribution in [0.5, 0.6) is 0 Å². The lowest BCUT2D eigenvalue weighted by Gasteiger charge is -2.11. The summed E-state index contributed by atoms with van der Waals surface area (Å²) in [5.74, 6) is 0.375. The number of amides is 2. The van der Waals surface area contributed by atoms with Crippen molar-refractivity contribution in [2.24, 2.45) is 0 Å². The fraction of sp³-hybridized carbons (Fsp3) is 0.211. The van der Waals surface area contributed by atoms with E-state index in [1.807, 2.05) is 28.8 Å². The zero-order valence-corrected chi connectivity index (χ0v) is 15.1. The van der Waals surface area contributed by atoms with Gasteiger partial charge in [-0.2, -0.15) is 0 Å². The highest BCUT2D eigenvalue weighted by Crippen LogP contribution is 2.18. The summed E-state index contributed by atoms with van der Waals surface area (Å²) < 4.78 is 1.81. The van der Waals surface area contributed by atoms with Crippen LogP contribution in [0.3, 0.4) is 0 Å². The third-order valence-corrected chi connectivity index (χ3v) is 4.14. The highest BCUT2D eigenvalue weighted by atomic mass is 35.5. The Morgan fingerprint density at radius 1 is 1.12 bits per heavy atom. The van der Waals surface area contributed by atoms with Crippen LogP contribution < -0.4 is 10.6 Å². The van der Waals surface area contributed by atoms with Crippen LogP contribution >= 0.6 is 11.6 Å². The van der Waals surface area contributed by atoms with Crippen molar-refractivity contribution in [2.75, 3.05) is 5.32 Å². The molecule has 0 aliphatic rings. The zero-order chi connectivity index (χ0) is 18.5. The molecule has 3 rings (SSSR count). The number of hydrogen-bond acceptors (Lipinski definition) is 3. The predicted molar refractivity (Wildman–Crippen MR) is 102 cm³/mol. The van der Waals surface area contributed by atoms with Gasteiger partial charge in [-0.1, -0.05) is 36.7 Å². The largest absolute Gasteiger partial charge is 0.349 e. The molecule has 0 spiro atoms. The van der Waals surface area contributed by atoms with Gasteiger partial charge in [0, 0.05) is 17.1 Å². The highest BCUT2D eigenvalue weighted by Gasteiger charge is 2.14. The van der Waals surface area contributed by atoms with E-state index in [-0.39, 0.29) is 24.9 Å². The number of benzene rings is 2. The van der Waals surface area contributed by atoms with E-state index >= 15 is 0 Å². The number of rotatable bonds is 6. The Morgan fingerprint density at radius 2 is 1.92 bits per heavy atom. The van der Waals surface area contributed by atoms with E-state index in [9.17, 15) is 9.59 Å². The Balaban J connectivity index is 1.82. The molecule has 0 bridgehead atoms. The molecule has 7 heteroatoms. The molecule has 0 fully saturated rings. The lowest BCUT2D eigenvalue weighted by atomic mass is 10.3. The maximum atomic E-state index is 12.5. The van der Waals surface area contributed by atoms with Crippen LogP contribution in [0.4, 0.5) is 5.69 Å². The van der Waals surface area contributed by atoms with Crippen molar-refractivity contribution in [1.29, 1.82) is 0 Å². The van der Waals surface area contributed by atoms with Crippen LogP contribution in [0.2, 0.25) is 5.02 Å². The molecule has 0 aliphatic carbocycles. The average molecular weight is 371 g/mol. The molecule has 1 heterocycles. The molecule has 0 atom stereocenters. The number of nitrogens with one attached hydrogen (secondary N) is 2. The number of carbonyl (C=O) groups is 2. The quantitative estimate of drug-likeness (QED) is 0.698. The summed E-state index contributed by atoms with van der Waals surface area (Å²) in [4.78, 5) is 28.6. The summed E-state index contributed by atoms with van der Waals surface area (Å²) in [6, 6.07) is 14.5. The summed E-state index contributed by atoms with van der Waals surface area (Å²) in [5.41, 5.74) is 2.26. The van der Waals surface area contributed by atoms with E-state index < -0.39 is 0 Å². The molecule has 26 heavy (non-hydrogen) atoms. The summed E-state index contributed by atoms with van der Waals surface area (Å²) in [6.45, 7) is 2.15. The van der Waals surface area contributed by atoms with Gasteiger partial charge in [-0.05, 0) is 30.3 Å². The third-order valence-electron chi connectivity index (χ3n) is 3.91. The summed E-state index contributed by atoms with van der Waals surface area (Å²) in [7, 11) is 0. The van der Waals surface area contributed by atoms with E-state index in [0.29, 0.717) is 23.0 Å². The number of para-hydroxylation sites is 2. The first-order valence-corrected chi connectivity index (χ1v) is 8.71. The smallest absolute Gasteiger partial charge is 0.244 e. The number of hydrogen-bond donors (Lipinski definition) is 2. The van der Waals surface area contributed by atoms with Crippen LogP contribution in [0.1, 0.15) is 19.2 Å². The minimum absolute atomic E-state index is 0.0630. The average Bonchev–Trinajstić information content (AvgIpc) is 2.97. The molecule has 2 N–H and O–H groups in total. The number of anilines is 1. The zero-order valence-electron chi connectivity index (χ0n) is 14.3. The van der Waals surface area contributed by atoms with Crippen LogP contribution in [0.25, 0.3) is 11.0 Å². The maximum absolute atomic E-state index is 12.5. The van der Waals surface area contributed by atoms with Crippen molar-refractivity contribution in [3.05, 3.63) is 59.4 Å². The fourth-order valence-electron chi connectivity index (χ4n) is 2.65. The normalized spacial score (nSPS) is 10.7. The molecular formula is C19H19ClN4O2. The van der Waals surface area contributed by atoms with Gasteiger partial charge in [0.1, 0.15) is 12.4 Å². The molecule has 6 nitrogen and oxygen atoms in total. The van der Waals surface area contributed by atoms with Gasteiger partial charge in [0.15, 0.2) is 0 Å². The van der Waals surface area contributed by atoms with E-state index in [4.69, 9.17) is 11.6 Å². The van der Waals surface area contributed by atoms with Gasteiger partial charge in [0.2, 0.25) is 11.8 Å². The van der Waals surface area contributed by atoms with E-state index in [0.717, 1.165) is 11.0 Å². The van der Waals surface area contributed by atoms with Crippen molar-refractivity contribution < 1.29 is 9.59 Å². The first kappa shape index (κ1) is 17.9. The highest BCUT2D eigenvalue weighted by molar-refractivity contribution is 6.30. The van der Waals surface area contributed by atoms with Crippen molar-refractivity contribution in [3.63, 3.8) is 0 Å². The molecule has 2 aromatic carbocycles. The second kappa shape index (κ2) is 8.01. The van der Waals surface area contributed by atoms with Crippen LogP contribution in [-0.4, -0.2) is 21.4 Å². The second-order valence-electron chi connectivity index (χ2n) is 5.79. The number of imidazole rings is 1. The van der Waals surface area contributed by atoms with Gasteiger partial charge < -0.3 is 15.2 Å². The molecule has 0 unspecified atom stereocenters. The Bertz CT molecular complexity index is 952. The number of carbonyl (C=O) groups excluding carboxylic acids is 2. The first-order chi connectivity index (χ1) is 12.6. The Labute approximate surface area is 156 Å². The first-order valence-electron chi connectivity index (χ1n) is 8.33. The second-order valence-corrected chi connectivity index (χ2v) is 6.23. The van der Waals surface area contributed by atoms with Crippen molar-refractivity contribution in [1.82, 2.24) is 14.9 Å². The van der Waals surface area contributed by atoms with Crippen molar-refractivity contribution in [2.45, 2.75) is 26.4 Å². The minimum Gasteiger partial charge on any atom is -0.349 e. The molecule has 134 valence electrons. The van der Waals surface area contributed by atoms with E-state index in [2.05, 4.69) is 15.6 Å². The lowest BCUT2D eigenvalue weighted by Crippen LogP contribution is -2.26. The predicted octanol–water partition coefficient (Wildman–Crippen LogP) is 3.35. The summed E-state index contributed by atoms with van der Waals surface area (Å²) >= 11 is 5.95. The minimum atomic E-state index is -0.196. The van der Waals surface area contributed by atoms with E-state index in [1.54, 1.807) is 31.2 Å². The standard InChI is InChI=1S/C19H19ClN4O2/c1-2-18(25)21-11-17-23-15-8-3-4-9-16(15)24(17)12-19(26)22-14-7-5-6-13(20)10-14/h3-10H,2,11-12H2,1H3,(H,21,25)(H,22,26). The van der Waals surface area contributed by atoms with Gasteiger partial charge in [0.25, 0.3) is 0 Å². The fourth-order valence-corrected chi connectivity index (χ4v) is 2.84. The molecule has 0 aliphatic heterocycles. The number of nitrogens with zero attached hydrogens (tertiary/aromatic N) is 2. The molecule has 2 amide bonds. The Hall–Kier alpha value is -2.86. The Morgan fingerprint density at radius 3 is 2.69 bits per heavy atom. The monoisotopic (exact) mass is 370 g/mol. The topological polar surface area (TPSA) is 76.0 Å².